The highest BCUT2D eigenvalue weighted by Gasteiger charge is 2.30. The molecule has 1 aromatic heterocycles. The van der Waals surface area contributed by atoms with Gasteiger partial charge in [-0.15, -0.1) is 0 Å². The van der Waals surface area contributed by atoms with Crippen molar-refractivity contribution in [3.8, 4) is 0 Å². The second-order valence-electron chi connectivity index (χ2n) is 3.75. The first-order valence-electron chi connectivity index (χ1n) is 4.83. The molecular weight excluding hydrogens is 198 g/mol. The van der Waals surface area contributed by atoms with Gasteiger partial charge in [-0.3, -0.25) is 0 Å². The molecule has 1 aromatic rings. The molecule has 1 aliphatic heterocycles. The van der Waals surface area contributed by atoms with E-state index in [4.69, 9.17) is 17.3 Å². The maximum atomic E-state index is 6.29. The maximum absolute atomic E-state index is 6.29. The summed E-state index contributed by atoms with van der Waals surface area (Å²) in [6, 6.07) is 5.63. The van der Waals surface area contributed by atoms with Crippen molar-refractivity contribution in [1.82, 2.24) is 10.3 Å². The van der Waals surface area contributed by atoms with Crippen molar-refractivity contribution in [3.05, 3.63) is 29.0 Å². The molecule has 0 radical (unpaired) electrons. The van der Waals surface area contributed by atoms with Crippen LogP contribution in [0, 0.1) is 0 Å². The van der Waals surface area contributed by atoms with Crippen LogP contribution in [0.5, 0.6) is 0 Å². The third-order valence-electron chi connectivity index (χ3n) is 2.72. The molecule has 0 unspecified atom stereocenters. The Morgan fingerprint density at radius 1 is 1.36 bits per heavy atom. The number of piperidine rings is 1. The van der Waals surface area contributed by atoms with Gasteiger partial charge < -0.3 is 11.1 Å². The summed E-state index contributed by atoms with van der Waals surface area (Å²) in [6.45, 7) is 1.90. The summed E-state index contributed by atoms with van der Waals surface area (Å²) in [5.41, 5.74) is 6.90. The number of nitrogens with two attached hydrogens (primary N) is 1. The van der Waals surface area contributed by atoms with E-state index in [0.29, 0.717) is 5.15 Å². The van der Waals surface area contributed by atoms with Crippen LogP contribution in [0.1, 0.15) is 18.5 Å². The zero-order valence-corrected chi connectivity index (χ0v) is 8.72. The number of hydrogen-bond acceptors (Lipinski definition) is 3. The van der Waals surface area contributed by atoms with Crippen LogP contribution >= 0.6 is 11.6 Å². The standard InChI is InChI=1S/C10H14ClN3/c11-9-3-1-2-8(14-9)10(12)4-6-13-7-5-10/h1-3,13H,4-7,12H2. The normalized spacial score (nSPS) is 20.7. The Labute approximate surface area is 88.7 Å². The molecule has 0 atom stereocenters. The van der Waals surface area contributed by atoms with E-state index in [1.54, 1.807) is 6.07 Å². The van der Waals surface area contributed by atoms with Gasteiger partial charge in [0.25, 0.3) is 0 Å². The van der Waals surface area contributed by atoms with E-state index in [0.717, 1.165) is 31.6 Å². The Morgan fingerprint density at radius 2 is 2.07 bits per heavy atom. The average molecular weight is 212 g/mol. The Kier molecular flexibility index (Phi) is 2.72. The van der Waals surface area contributed by atoms with Gasteiger partial charge in [0.15, 0.2) is 0 Å². The summed E-state index contributed by atoms with van der Waals surface area (Å²) >= 11 is 5.84. The molecule has 4 heteroatoms. The minimum absolute atomic E-state index is 0.295. The van der Waals surface area contributed by atoms with Gasteiger partial charge in [-0.05, 0) is 38.1 Å². The first kappa shape index (κ1) is 9.90. The molecule has 0 bridgehead atoms. The highest BCUT2D eigenvalue weighted by atomic mass is 35.5. The van der Waals surface area contributed by atoms with Crippen LogP contribution in [-0.4, -0.2) is 18.1 Å². The average Bonchev–Trinajstić information content (AvgIpc) is 2.19. The SMILES string of the molecule is NC1(c2cccc(Cl)n2)CCNCC1. The van der Waals surface area contributed by atoms with E-state index in [1.807, 2.05) is 12.1 Å². The third kappa shape index (κ3) is 1.90. The lowest BCUT2D eigenvalue weighted by atomic mass is 9.86. The predicted molar refractivity (Wildman–Crippen MR) is 57.2 cm³/mol. The van der Waals surface area contributed by atoms with Crippen molar-refractivity contribution >= 4 is 11.6 Å². The molecule has 76 valence electrons. The lowest BCUT2D eigenvalue weighted by Crippen LogP contribution is -2.46. The van der Waals surface area contributed by atoms with Crippen molar-refractivity contribution in [1.29, 1.82) is 0 Å². The number of halogens is 1. The molecule has 3 N–H and O–H groups in total. The summed E-state index contributed by atoms with van der Waals surface area (Å²) in [6.07, 6.45) is 1.83. The largest absolute Gasteiger partial charge is 0.320 e. The van der Waals surface area contributed by atoms with Gasteiger partial charge >= 0.3 is 0 Å². The summed E-state index contributed by atoms with van der Waals surface area (Å²) < 4.78 is 0. The molecule has 2 heterocycles. The number of hydrogen-bond donors (Lipinski definition) is 2. The lowest BCUT2D eigenvalue weighted by Gasteiger charge is -2.33. The van der Waals surface area contributed by atoms with Crippen LogP contribution in [0.3, 0.4) is 0 Å². The molecule has 0 spiro atoms. The summed E-state index contributed by atoms with van der Waals surface area (Å²) in [5, 5.41) is 3.80. The molecule has 1 saturated heterocycles. The fraction of sp³-hybridized carbons (Fsp3) is 0.500. The van der Waals surface area contributed by atoms with Crippen LogP contribution in [-0.2, 0) is 5.54 Å². The van der Waals surface area contributed by atoms with Crippen LogP contribution in [0.25, 0.3) is 0 Å². The first-order chi connectivity index (χ1) is 6.71. The fourth-order valence-corrected chi connectivity index (χ4v) is 1.98. The van der Waals surface area contributed by atoms with Gasteiger partial charge in [-0.25, -0.2) is 4.98 Å². The van der Waals surface area contributed by atoms with Crippen molar-refractivity contribution in [3.63, 3.8) is 0 Å². The number of nitrogens with zero attached hydrogens (tertiary/aromatic N) is 1. The number of rotatable bonds is 1. The van der Waals surface area contributed by atoms with E-state index in [1.165, 1.54) is 0 Å². The second kappa shape index (κ2) is 3.85. The lowest BCUT2D eigenvalue weighted by molar-refractivity contribution is 0.310. The molecule has 2 rings (SSSR count). The van der Waals surface area contributed by atoms with Crippen LogP contribution in [0.4, 0.5) is 0 Å². The minimum atomic E-state index is -0.295. The van der Waals surface area contributed by atoms with Crippen molar-refractivity contribution < 1.29 is 0 Å². The third-order valence-corrected chi connectivity index (χ3v) is 2.93. The zero-order valence-electron chi connectivity index (χ0n) is 7.96. The van der Waals surface area contributed by atoms with E-state index in [9.17, 15) is 0 Å². The van der Waals surface area contributed by atoms with Crippen molar-refractivity contribution in [2.24, 2.45) is 5.73 Å². The molecule has 0 saturated carbocycles. The quantitative estimate of drug-likeness (QED) is 0.688. The Bertz CT molecular complexity index is 321. The molecular formula is C10H14ClN3. The van der Waals surface area contributed by atoms with E-state index < -0.39 is 0 Å². The molecule has 0 aliphatic carbocycles. The number of aromatic nitrogens is 1. The minimum Gasteiger partial charge on any atom is -0.320 e. The summed E-state index contributed by atoms with van der Waals surface area (Å²) in [5.74, 6) is 0. The van der Waals surface area contributed by atoms with Gasteiger partial charge in [0.05, 0.1) is 11.2 Å². The summed E-state index contributed by atoms with van der Waals surface area (Å²) in [7, 11) is 0. The first-order valence-corrected chi connectivity index (χ1v) is 5.21. The van der Waals surface area contributed by atoms with Gasteiger partial charge in [0.1, 0.15) is 5.15 Å². The predicted octanol–water partition coefficient (Wildman–Crippen LogP) is 1.27. The maximum Gasteiger partial charge on any atom is 0.129 e. The molecule has 3 nitrogen and oxygen atoms in total. The van der Waals surface area contributed by atoms with Crippen LogP contribution < -0.4 is 11.1 Å². The van der Waals surface area contributed by atoms with Gasteiger partial charge in [-0.1, -0.05) is 17.7 Å². The van der Waals surface area contributed by atoms with Crippen LogP contribution in [0.2, 0.25) is 5.15 Å². The Morgan fingerprint density at radius 3 is 2.71 bits per heavy atom. The summed E-state index contributed by atoms with van der Waals surface area (Å²) in [4.78, 5) is 4.28. The molecule has 1 fully saturated rings. The number of nitrogens with one attached hydrogen (secondary N) is 1. The van der Waals surface area contributed by atoms with E-state index in [-0.39, 0.29) is 5.54 Å². The zero-order chi connectivity index (χ0) is 10.0. The molecule has 14 heavy (non-hydrogen) atoms. The van der Waals surface area contributed by atoms with Gasteiger partial charge in [-0.2, -0.15) is 0 Å². The van der Waals surface area contributed by atoms with Crippen molar-refractivity contribution in [2.45, 2.75) is 18.4 Å². The van der Waals surface area contributed by atoms with E-state index >= 15 is 0 Å². The van der Waals surface area contributed by atoms with Gasteiger partial charge in [0, 0.05) is 0 Å². The molecule has 1 aliphatic rings. The van der Waals surface area contributed by atoms with Crippen LogP contribution in [0.15, 0.2) is 18.2 Å². The Balaban J connectivity index is 2.28. The van der Waals surface area contributed by atoms with Crippen molar-refractivity contribution in [2.75, 3.05) is 13.1 Å². The second-order valence-corrected chi connectivity index (χ2v) is 4.14. The topological polar surface area (TPSA) is 50.9 Å². The fourth-order valence-electron chi connectivity index (χ4n) is 1.81. The Hall–Kier alpha value is -0.640. The molecule has 0 aromatic carbocycles. The van der Waals surface area contributed by atoms with E-state index in [2.05, 4.69) is 10.3 Å². The highest BCUT2D eigenvalue weighted by Crippen LogP contribution is 2.26. The van der Waals surface area contributed by atoms with Gasteiger partial charge in [0.2, 0.25) is 0 Å². The monoisotopic (exact) mass is 211 g/mol. The molecule has 0 amide bonds. The smallest absolute Gasteiger partial charge is 0.129 e. The number of pyridine rings is 1. The highest BCUT2D eigenvalue weighted by molar-refractivity contribution is 6.29.